The van der Waals surface area contributed by atoms with Crippen molar-refractivity contribution in [1.29, 1.82) is 0 Å². The average Bonchev–Trinajstić information content (AvgIpc) is 2.39. The van der Waals surface area contributed by atoms with Gasteiger partial charge in [-0.25, -0.2) is 0 Å². The first-order chi connectivity index (χ1) is 8.36. The standard InChI is InChI=1S/C15H22N2/c16-13-8-4-6-12-7-5-9-14(15(12)13)17-10-2-1-3-11-17/h5,7,9,13H,1-4,6,8,10-11,16H2. The molecule has 0 bridgehead atoms. The van der Waals surface area contributed by atoms with Gasteiger partial charge in [-0.1, -0.05) is 12.1 Å². The Kier molecular flexibility index (Phi) is 3.06. The number of hydrogen-bond donors (Lipinski definition) is 1. The van der Waals surface area contributed by atoms with Crippen LogP contribution in [0.15, 0.2) is 18.2 Å². The Bertz CT molecular complexity index is 394. The minimum absolute atomic E-state index is 0.261. The monoisotopic (exact) mass is 230 g/mol. The molecule has 2 aliphatic rings. The highest BCUT2D eigenvalue weighted by molar-refractivity contribution is 5.59. The first-order valence-corrected chi connectivity index (χ1v) is 6.98. The largest absolute Gasteiger partial charge is 0.371 e. The maximum Gasteiger partial charge on any atom is 0.0417 e. The van der Waals surface area contributed by atoms with Crippen LogP contribution in [0.3, 0.4) is 0 Å². The zero-order valence-electron chi connectivity index (χ0n) is 10.5. The average molecular weight is 230 g/mol. The molecular formula is C15H22N2. The molecule has 0 spiro atoms. The molecule has 0 saturated carbocycles. The Morgan fingerprint density at radius 2 is 1.88 bits per heavy atom. The molecule has 1 aromatic carbocycles. The van der Waals surface area contributed by atoms with E-state index in [9.17, 15) is 0 Å². The third-order valence-electron chi connectivity index (χ3n) is 4.20. The van der Waals surface area contributed by atoms with E-state index in [0.29, 0.717) is 0 Å². The summed E-state index contributed by atoms with van der Waals surface area (Å²) >= 11 is 0. The van der Waals surface area contributed by atoms with Gasteiger partial charge >= 0.3 is 0 Å². The van der Waals surface area contributed by atoms with Crippen molar-refractivity contribution in [1.82, 2.24) is 0 Å². The van der Waals surface area contributed by atoms with Gasteiger partial charge in [0.2, 0.25) is 0 Å². The molecule has 3 rings (SSSR count). The smallest absolute Gasteiger partial charge is 0.0417 e. The number of aryl methyl sites for hydroxylation is 1. The molecule has 1 aromatic rings. The lowest BCUT2D eigenvalue weighted by Crippen LogP contribution is -2.32. The first kappa shape index (κ1) is 11.1. The molecule has 2 N–H and O–H groups in total. The fraction of sp³-hybridized carbons (Fsp3) is 0.600. The summed E-state index contributed by atoms with van der Waals surface area (Å²) in [5.41, 5.74) is 10.7. The Balaban J connectivity index is 1.98. The fourth-order valence-corrected chi connectivity index (χ4v) is 3.31. The quantitative estimate of drug-likeness (QED) is 0.803. The van der Waals surface area contributed by atoms with Crippen LogP contribution in [-0.4, -0.2) is 13.1 Å². The summed E-state index contributed by atoms with van der Waals surface area (Å²) in [4.78, 5) is 2.55. The molecule has 1 unspecified atom stereocenters. The second-order valence-corrected chi connectivity index (χ2v) is 5.40. The molecule has 1 aliphatic heterocycles. The van der Waals surface area contributed by atoms with Crippen LogP contribution in [0.25, 0.3) is 0 Å². The van der Waals surface area contributed by atoms with E-state index < -0.39 is 0 Å². The van der Waals surface area contributed by atoms with Gasteiger partial charge in [0, 0.05) is 24.8 Å². The van der Waals surface area contributed by atoms with E-state index in [0.717, 1.165) is 6.42 Å². The van der Waals surface area contributed by atoms with Crippen LogP contribution in [0.5, 0.6) is 0 Å². The summed E-state index contributed by atoms with van der Waals surface area (Å²) in [5, 5.41) is 0. The second-order valence-electron chi connectivity index (χ2n) is 5.40. The number of nitrogens with two attached hydrogens (primary N) is 1. The molecule has 1 aliphatic carbocycles. The number of piperidine rings is 1. The summed E-state index contributed by atoms with van der Waals surface area (Å²) in [6, 6.07) is 7.01. The predicted molar refractivity (Wildman–Crippen MR) is 72.4 cm³/mol. The third-order valence-corrected chi connectivity index (χ3v) is 4.20. The van der Waals surface area contributed by atoms with Crippen LogP contribution in [-0.2, 0) is 6.42 Å². The predicted octanol–water partition coefficient (Wildman–Crippen LogP) is 3.01. The zero-order chi connectivity index (χ0) is 11.7. The molecule has 1 atom stereocenters. The molecular weight excluding hydrogens is 208 g/mol. The molecule has 92 valence electrons. The summed E-state index contributed by atoms with van der Waals surface area (Å²) in [5.74, 6) is 0. The summed E-state index contributed by atoms with van der Waals surface area (Å²) in [6.45, 7) is 2.42. The molecule has 17 heavy (non-hydrogen) atoms. The lowest BCUT2D eigenvalue weighted by Gasteiger charge is -2.34. The summed E-state index contributed by atoms with van der Waals surface area (Å²) < 4.78 is 0. The zero-order valence-corrected chi connectivity index (χ0v) is 10.5. The molecule has 2 heteroatoms. The van der Waals surface area contributed by atoms with E-state index in [1.807, 2.05) is 0 Å². The fourth-order valence-electron chi connectivity index (χ4n) is 3.31. The van der Waals surface area contributed by atoms with Crippen molar-refractivity contribution < 1.29 is 0 Å². The Morgan fingerprint density at radius 1 is 1.06 bits per heavy atom. The summed E-state index contributed by atoms with van der Waals surface area (Å²) in [7, 11) is 0. The van der Waals surface area contributed by atoms with Crippen LogP contribution in [0, 0.1) is 0 Å². The van der Waals surface area contributed by atoms with E-state index in [-0.39, 0.29) is 6.04 Å². The van der Waals surface area contributed by atoms with Gasteiger partial charge in [-0.15, -0.1) is 0 Å². The second kappa shape index (κ2) is 4.69. The minimum Gasteiger partial charge on any atom is -0.371 e. The molecule has 0 amide bonds. The topological polar surface area (TPSA) is 29.3 Å². The van der Waals surface area contributed by atoms with Gasteiger partial charge in [-0.2, -0.15) is 0 Å². The minimum atomic E-state index is 0.261. The van der Waals surface area contributed by atoms with Crippen molar-refractivity contribution in [3.8, 4) is 0 Å². The van der Waals surface area contributed by atoms with Gasteiger partial charge in [0.25, 0.3) is 0 Å². The summed E-state index contributed by atoms with van der Waals surface area (Å²) in [6.07, 6.45) is 7.66. The molecule has 0 aromatic heterocycles. The molecule has 0 radical (unpaired) electrons. The van der Waals surface area contributed by atoms with Gasteiger partial charge in [-0.05, 0) is 55.7 Å². The van der Waals surface area contributed by atoms with Crippen LogP contribution >= 0.6 is 0 Å². The van der Waals surface area contributed by atoms with Gasteiger partial charge in [0.15, 0.2) is 0 Å². The van der Waals surface area contributed by atoms with Crippen molar-refractivity contribution in [3.63, 3.8) is 0 Å². The molecule has 1 fully saturated rings. The number of nitrogens with zero attached hydrogens (tertiary/aromatic N) is 1. The van der Waals surface area contributed by atoms with Crippen molar-refractivity contribution in [2.75, 3.05) is 18.0 Å². The van der Waals surface area contributed by atoms with E-state index in [4.69, 9.17) is 5.73 Å². The van der Waals surface area contributed by atoms with Crippen molar-refractivity contribution in [3.05, 3.63) is 29.3 Å². The maximum atomic E-state index is 6.33. The third kappa shape index (κ3) is 2.06. The van der Waals surface area contributed by atoms with Crippen molar-refractivity contribution in [2.45, 2.75) is 44.6 Å². The van der Waals surface area contributed by atoms with E-state index in [1.54, 1.807) is 0 Å². The van der Waals surface area contributed by atoms with Crippen LogP contribution < -0.4 is 10.6 Å². The van der Waals surface area contributed by atoms with Gasteiger partial charge in [0.1, 0.15) is 0 Å². The SMILES string of the molecule is NC1CCCc2cccc(N3CCCCC3)c21. The number of benzene rings is 1. The lowest BCUT2D eigenvalue weighted by atomic mass is 9.86. The van der Waals surface area contributed by atoms with Crippen LogP contribution in [0.4, 0.5) is 5.69 Å². The van der Waals surface area contributed by atoms with E-state index in [2.05, 4.69) is 23.1 Å². The van der Waals surface area contributed by atoms with Gasteiger partial charge in [-0.3, -0.25) is 0 Å². The molecule has 2 nitrogen and oxygen atoms in total. The number of fused-ring (bicyclic) bond motifs is 1. The number of hydrogen-bond acceptors (Lipinski definition) is 2. The van der Waals surface area contributed by atoms with E-state index in [1.165, 1.54) is 62.0 Å². The first-order valence-electron chi connectivity index (χ1n) is 6.98. The highest BCUT2D eigenvalue weighted by Gasteiger charge is 2.23. The Morgan fingerprint density at radius 3 is 2.71 bits per heavy atom. The van der Waals surface area contributed by atoms with Crippen LogP contribution in [0.2, 0.25) is 0 Å². The number of rotatable bonds is 1. The normalized spacial score (nSPS) is 24.5. The Hall–Kier alpha value is -1.02. The highest BCUT2D eigenvalue weighted by Crippen LogP contribution is 2.36. The van der Waals surface area contributed by atoms with Crippen molar-refractivity contribution >= 4 is 5.69 Å². The molecule has 1 heterocycles. The number of anilines is 1. The van der Waals surface area contributed by atoms with Crippen molar-refractivity contribution in [2.24, 2.45) is 5.73 Å². The maximum absolute atomic E-state index is 6.33. The highest BCUT2D eigenvalue weighted by atomic mass is 15.1. The van der Waals surface area contributed by atoms with E-state index >= 15 is 0 Å². The Labute approximate surface area is 104 Å². The lowest BCUT2D eigenvalue weighted by molar-refractivity contribution is 0.550. The van der Waals surface area contributed by atoms with Gasteiger partial charge < -0.3 is 10.6 Å². The molecule has 1 saturated heterocycles. The van der Waals surface area contributed by atoms with Crippen LogP contribution in [0.1, 0.15) is 49.3 Å². The van der Waals surface area contributed by atoms with Gasteiger partial charge in [0.05, 0.1) is 0 Å².